The Morgan fingerprint density at radius 1 is 1.20 bits per heavy atom. The molecule has 1 aromatic carbocycles. The first-order chi connectivity index (χ1) is 11.9. The van der Waals surface area contributed by atoms with Crippen LogP contribution in [0.25, 0.3) is 5.76 Å². The largest absolute Gasteiger partial charge is 0.506 e. The number of ketones is 2. The average Bonchev–Trinajstić information content (AvgIpc) is 3.05. The fourth-order valence-corrected chi connectivity index (χ4v) is 4.15. The number of allylic oxidation sites excluding steroid dienone is 1. The van der Waals surface area contributed by atoms with Gasteiger partial charge in [0.05, 0.1) is 16.1 Å². The highest BCUT2D eigenvalue weighted by molar-refractivity contribution is 7.17. The predicted octanol–water partition coefficient (Wildman–Crippen LogP) is 4.17. The molecule has 0 amide bonds. The number of nitrogens with zero attached hydrogens (tertiary/aromatic N) is 2. The molecule has 2 aromatic rings. The maximum Gasteiger partial charge on any atom is 0.210 e. The zero-order valence-corrected chi connectivity index (χ0v) is 14.7. The number of aliphatic hydroxyl groups excluding tert-OH is 1. The van der Waals surface area contributed by atoms with E-state index < -0.39 is 0 Å². The third-order valence-corrected chi connectivity index (χ3v) is 5.50. The molecule has 2 aliphatic carbocycles. The van der Waals surface area contributed by atoms with Crippen molar-refractivity contribution in [3.63, 3.8) is 0 Å². The Hall–Kier alpha value is -2.60. The number of benzene rings is 1. The van der Waals surface area contributed by atoms with Gasteiger partial charge in [-0.15, -0.1) is 0 Å². The van der Waals surface area contributed by atoms with Crippen LogP contribution < -0.4 is 0 Å². The molecule has 126 valence electrons. The highest BCUT2D eigenvalue weighted by Crippen LogP contribution is 2.39. The number of hydrogen-bond acceptors (Lipinski definition) is 6. The molecule has 1 aromatic heterocycles. The number of thiazole rings is 1. The number of rotatable bonds is 2. The molecule has 25 heavy (non-hydrogen) atoms. The molecule has 2 aliphatic rings. The third kappa shape index (κ3) is 2.62. The minimum Gasteiger partial charge on any atom is -0.506 e. The van der Waals surface area contributed by atoms with Gasteiger partial charge in [-0.1, -0.05) is 49.4 Å². The van der Waals surface area contributed by atoms with Crippen LogP contribution in [0.5, 0.6) is 0 Å². The SMILES string of the molecule is CC1(C)CC(=O)c2sc(N=CC3=C(O)c4ccccc4C3=O)nc2C1. The molecule has 0 saturated heterocycles. The van der Waals surface area contributed by atoms with Crippen molar-refractivity contribution in [2.45, 2.75) is 26.7 Å². The van der Waals surface area contributed by atoms with Crippen LogP contribution in [0.4, 0.5) is 5.13 Å². The first-order valence-corrected chi connectivity index (χ1v) is 8.82. The van der Waals surface area contributed by atoms with Gasteiger partial charge >= 0.3 is 0 Å². The van der Waals surface area contributed by atoms with E-state index in [9.17, 15) is 14.7 Å². The van der Waals surface area contributed by atoms with Crippen LogP contribution in [0.3, 0.4) is 0 Å². The number of Topliss-reactive ketones (excluding diaryl/α,β-unsaturated/α-hetero) is 2. The van der Waals surface area contributed by atoms with Gasteiger partial charge in [0.1, 0.15) is 5.76 Å². The Morgan fingerprint density at radius 2 is 1.92 bits per heavy atom. The maximum atomic E-state index is 12.4. The van der Waals surface area contributed by atoms with E-state index in [-0.39, 0.29) is 28.3 Å². The van der Waals surface area contributed by atoms with Gasteiger partial charge in [0.2, 0.25) is 5.13 Å². The normalized spacial score (nSPS) is 18.8. The summed E-state index contributed by atoms with van der Waals surface area (Å²) in [6.45, 7) is 4.10. The number of carbonyl (C=O) groups is 2. The zero-order chi connectivity index (χ0) is 17.8. The second kappa shape index (κ2) is 5.46. The van der Waals surface area contributed by atoms with Gasteiger partial charge in [0.15, 0.2) is 11.6 Å². The molecular weight excluding hydrogens is 336 g/mol. The molecule has 0 aliphatic heterocycles. The molecular formula is C19H16N2O3S. The van der Waals surface area contributed by atoms with Crippen molar-refractivity contribution in [3.8, 4) is 0 Å². The first-order valence-electron chi connectivity index (χ1n) is 8.00. The summed E-state index contributed by atoms with van der Waals surface area (Å²) in [6.07, 6.45) is 2.58. The lowest BCUT2D eigenvalue weighted by atomic mass is 9.78. The van der Waals surface area contributed by atoms with Crippen LogP contribution in [0, 0.1) is 5.41 Å². The van der Waals surface area contributed by atoms with E-state index in [0.29, 0.717) is 27.6 Å². The van der Waals surface area contributed by atoms with Crippen LogP contribution >= 0.6 is 11.3 Å². The van der Waals surface area contributed by atoms with Crippen LogP contribution in [0.2, 0.25) is 0 Å². The Labute approximate surface area is 148 Å². The molecule has 0 unspecified atom stereocenters. The van der Waals surface area contributed by atoms with E-state index in [4.69, 9.17) is 0 Å². The van der Waals surface area contributed by atoms with E-state index >= 15 is 0 Å². The quantitative estimate of drug-likeness (QED) is 0.823. The Morgan fingerprint density at radius 3 is 2.64 bits per heavy atom. The minimum absolute atomic E-state index is 0.0668. The smallest absolute Gasteiger partial charge is 0.210 e. The summed E-state index contributed by atoms with van der Waals surface area (Å²) >= 11 is 1.24. The summed E-state index contributed by atoms with van der Waals surface area (Å²) in [5.41, 5.74) is 1.82. The molecule has 0 saturated carbocycles. The Kier molecular flexibility index (Phi) is 3.47. The van der Waals surface area contributed by atoms with E-state index in [2.05, 4.69) is 9.98 Å². The second-order valence-corrected chi connectivity index (χ2v) is 8.09. The van der Waals surface area contributed by atoms with Crippen LogP contribution in [-0.2, 0) is 6.42 Å². The number of carbonyl (C=O) groups excluding carboxylic acids is 2. The highest BCUT2D eigenvalue weighted by atomic mass is 32.1. The van der Waals surface area contributed by atoms with Crippen molar-refractivity contribution in [1.29, 1.82) is 0 Å². The average molecular weight is 352 g/mol. The molecule has 0 radical (unpaired) electrons. The van der Waals surface area contributed by atoms with E-state index in [1.807, 2.05) is 13.8 Å². The molecule has 6 heteroatoms. The van der Waals surface area contributed by atoms with E-state index in [1.165, 1.54) is 17.6 Å². The number of aliphatic imine (C=N–C) groups is 1. The molecule has 0 bridgehead atoms. The van der Waals surface area contributed by atoms with Crippen molar-refractivity contribution < 1.29 is 14.7 Å². The third-order valence-electron chi connectivity index (χ3n) is 4.46. The van der Waals surface area contributed by atoms with Crippen LogP contribution in [0.15, 0.2) is 34.8 Å². The topological polar surface area (TPSA) is 79.6 Å². The molecule has 1 N–H and O–H groups in total. The van der Waals surface area contributed by atoms with Crippen LogP contribution in [0.1, 0.15) is 51.6 Å². The highest BCUT2D eigenvalue weighted by Gasteiger charge is 2.34. The van der Waals surface area contributed by atoms with Gasteiger partial charge in [-0.3, -0.25) is 9.59 Å². The number of fused-ring (bicyclic) bond motifs is 2. The standard InChI is InChI=1S/C19H16N2O3S/c1-19(2)7-13-17(14(22)8-19)25-18(21-13)20-9-12-15(23)10-5-3-4-6-11(10)16(12)24/h3-6,9,23H,7-8H2,1-2H3. The molecule has 5 nitrogen and oxygen atoms in total. The summed E-state index contributed by atoms with van der Waals surface area (Å²) in [4.78, 5) is 34.0. The number of aliphatic hydroxyl groups is 1. The van der Waals surface area contributed by atoms with Crippen molar-refractivity contribution in [2.75, 3.05) is 0 Å². The summed E-state index contributed by atoms with van der Waals surface area (Å²) in [5, 5.41) is 10.7. The first kappa shape index (κ1) is 15.9. The zero-order valence-electron chi connectivity index (χ0n) is 13.9. The van der Waals surface area contributed by atoms with Gasteiger partial charge in [-0.05, 0) is 11.8 Å². The summed E-state index contributed by atoms with van der Waals surface area (Å²) in [7, 11) is 0. The number of hydrogen-bond donors (Lipinski definition) is 1. The summed E-state index contributed by atoms with van der Waals surface area (Å²) < 4.78 is 0. The predicted molar refractivity (Wildman–Crippen MR) is 97.0 cm³/mol. The van der Waals surface area contributed by atoms with Crippen molar-refractivity contribution in [1.82, 2.24) is 4.98 Å². The molecule has 4 rings (SSSR count). The Bertz CT molecular complexity index is 982. The van der Waals surface area contributed by atoms with Gasteiger partial charge in [-0.25, -0.2) is 9.98 Å². The van der Waals surface area contributed by atoms with Crippen molar-refractivity contribution in [2.24, 2.45) is 10.4 Å². The number of aromatic nitrogens is 1. The van der Waals surface area contributed by atoms with E-state index in [0.717, 1.165) is 12.1 Å². The summed E-state index contributed by atoms with van der Waals surface area (Å²) in [5.74, 6) is -0.227. The summed E-state index contributed by atoms with van der Waals surface area (Å²) in [6, 6.07) is 6.90. The van der Waals surface area contributed by atoms with Gasteiger partial charge in [-0.2, -0.15) is 0 Å². The molecule has 0 atom stereocenters. The Balaban J connectivity index is 1.66. The monoisotopic (exact) mass is 352 g/mol. The van der Waals surface area contributed by atoms with Crippen molar-refractivity contribution >= 4 is 40.0 Å². The fourth-order valence-electron chi connectivity index (χ4n) is 3.29. The van der Waals surface area contributed by atoms with Gasteiger partial charge in [0.25, 0.3) is 0 Å². The lowest BCUT2D eigenvalue weighted by Gasteiger charge is -2.26. The molecule has 0 spiro atoms. The minimum atomic E-state index is -0.254. The van der Waals surface area contributed by atoms with Gasteiger partial charge < -0.3 is 5.11 Å². The fraction of sp³-hybridized carbons (Fsp3) is 0.263. The van der Waals surface area contributed by atoms with Crippen molar-refractivity contribution in [3.05, 3.63) is 51.5 Å². The molecule has 1 heterocycles. The lowest BCUT2D eigenvalue weighted by molar-refractivity contribution is 0.0915. The molecule has 0 fully saturated rings. The van der Waals surface area contributed by atoms with Crippen LogP contribution in [-0.4, -0.2) is 27.9 Å². The lowest BCUT2D eigenvalue weighted by Crippen LogP contribution is -2.25. The van der Waals surface area contributed by atoms with Gasteiger partial charge in [0, 0.05) is 23.8 Å². The van der Waals surface area contributed by atoms with E-state index in [1.54, 1.807) is 24.3 Å². The second-order valence-electron chi connectivity index (χ2n) is 7.11. The maximum absolute atomic E-state index is 12.4.